The van der Waals surface area contributed by atoms with Gasteiger partial charge in [0.1, 0.15) is 11.2 Å². The molecule has 1 atom stereocenters. The fourth-order valence-corrected chi connectivity index (χ4v) is 3.51. The van der Waals surface area contributed by atoms with E-state index in [4.69, 9.17) is 0 Å². The first-order chi connectivity index (χ1) is 14.7. The summed E-state index contributed by atoms with van der Waals surface area (Å²) in [5.74, 6) is -1.74. The topological polar surface area (TPSA) is 0 Å². The van der Waals surface area contributed by atoms with Crippen LogP contribution < -0.4 is 0 Å². The van der Waals surface area contributed by atoms with Gasteiger partial charge < -0.3 is 0 Å². The van der Waals surface area contributed by atoms with Crippen molar-refractivity contribution < 1.29 is 43.9 Å². The smallest absolute Gasteiger partial charge is 0.206 e. The molecule has 3 rings (SSSR count). The van der Waals surface area contributed by atoms with Crippen molar-refractivity contribution in [1.29, 1.82) is 0 Å². The molecule has 0 saturated heterocycles. The average molecular weight is 466 g/mol. The van der Waals surface area contributed by atoms with Crippen molar-refractivity contribution in [3.8, 4) is 0 Å². The van der Waals surface area contributed by atoms with E-state index in [0.717, 1.165) is 24.3 Å². The Balaban J connectivity index is 2.49. The summed E-state index contributed by atoms with van der Waals surface area (Å²) in [6.07, 6.45) is -18.1. The number of benzene rings is 2. The van der Waals surface area contributed by atoms with Crippen LogP contribution in [0, 0.1) is 0 Å². The minimum atomic E-state index is -5.83. The first kappa shape index (κ1) is 23.6. The lowest BCUT2D eigenvalue weighted by Crippen LogP contribution is -2.49. The standard InChI is InChI=1S/C22H12F10/c23-18(13-7-3-1-4-8-13)15-11-17(21(27,28)29)19(22(30,31)32,12-16(15)20(24,25)26)14-9-5-2-6-10-14/h1-12H/b18-15+. The highest BCUT2D eigenvalue weighted by molar-refractivity contribution is 5.74. The van der Waals surface area contributed by atoms with Crippen molar-refractivity contribution in [1.82, 2.24) is 0 Å². The molecule has 0 amide bonds. The highest BCUT2D eigenvalue weighted by Crippen LogP contribution is 2.57. The molecule has 0 spiro atoms. The molecule has 0 nitrogen and oxygen atoms in total. The molecule has 0 radical (unpaired) electrons. The maximum absolute atomic E-state index is 15.0. The van der Waals surface area contributed by atoms with Crippen LogP contribution in [0.3, 0.4) is 0 Å². The highest BCUT2D eigenvalue weighted by Gasteiger charge is 2.65. The van der Waals surface area contributed by atoms with Gasteiger partial charge >= 0.3 is 18.5 Å². The largest absolute Gasteiger partial charge is 0.416 e. The normalized spacial score (nSPS) is 21.7. The molecule has 170 valence electrons. The van der Waals surface area contributed by atoms with Crippen molar-refractivity contribution in [2.75, 3.05) is 0 Å². The zero-order chi connectivity index (χ0) is 23.9. The van der Waals surface area contributed by atoms with Crippen molar-refractivity contribution in [2.45, 2.75) is 23.9 Å². The Kier molecular flexibility index (Phi) is 5.78. The fourth-order valence-electron chi connectivity index (χ4n) is 3.51. The summed E-state index contributed by atoms with van der Waals surface area (Å²) in [4.78, 5) is 0. The maximum atomic E-state index is 15.0. The molecule has 1 aliphatic rings. The molecule has 0 fully saturated rings. The van der Waals surface area contributed by atoms with E-state index < -0.39 is 69.8 Å². The predicted octanol–water partition coefficient (Wildman–Crippen LogP) is 7.86. The Bertz CT molecular complexity index is 1070. The van der Waals surface area contributed by atoms with Crippen LogP contribution in [0.5, 0.6) is 0 Å². The maximum Gasteiger partial charge on any atom is 0.416 e. The molecule has 0 aromatic heterocycles. The SMILES string of the molecule is F/C(=C1\C=C(C(F)(F)F)C(c2ccccc2)(C(F)(F)F)C=C1C(F)(F)F)c1ccccc1. The Morgan fingerprint density at radius 3 is 1.59 bits per heavy atom. The zero-order valence-corrected chi connectivity index (χ0v) is 15.7. The summed E-state index contributed by atoms with van der Waals surface area (Å²) in [5.41, 5.74) is -12.0. The van der Waals surface area contributed by atoms with Crippen molar-refractivity contribution in [3.05, 3.63) is 101 Å². The van der Waals surface area contributed by atoms with E-state index in [1.165, 1.54) is 24.3 Å². The third-order valence-electron chi connectivity index (χ3n) is 4.92. The zero-order valence-electron chi connectivity index (χ0n) is 15.7. The van der Waals surface area contributed by atoms with Gasteiger partial charge in [-0.15, -0.1) is 0 Å². The van der Waals surface area contributed by atoms with Gasteiger partial charge in [-0.25, -0.2) is 4.39 Å². The van der Waals surface area contributed by atoms with E-state index in [-0.39, 0.29) is 0 Å². The fraction of sp³-hybridized carbons (Fsp3) is 0.182. The minimum absolute atomic E-state index is 0.397. The molecule has 1 unspecified atom stereocenters. The second-order valence-corrected chi connectivity index (χ2v) is 6.88. The quantitative estimate of drug-likeness (QED) is 0.396. The van der Waals surface area contributed by atoms with E-state index in [2.05, 4.69) is 0 Å². The highest BCUT2D eigenvalue weighted by atomic mass is 19.4. The average Bonchev–Trinajstić information content (AvgIpc) is 2.71. The summed E-state index contributed by atoms with van der Waals surface area (Å²) in [6, 6.07) is 10.2. The Morgan fingerprint density at radius 1 is 0.656 bits per heavy atom. The van der Waals surface area contributed by atoms with Gasteiger partial charge in [0.05, 0.1) is 11.1 Å². The monoisotopic (exact) mass is 466 g/mol. The lowest BCUT2D eigenvalue weighted by molar-refractivity contribution is -0.189. The molecule has 0 aliphatic heterocycles. The Morgan fingerprint density at radius 2 is 1.16 bits per heavy atom. The lowest BCUT2D eigenvalue weighted by atomic mass is 9.67. The molecule has 2 aromatic rings. The van der Waals surface area contributed by atoms with Crippen molar-refractivity contribution in [3.63, 3.8) is 0 Å². The molecule has 2 aromatic carbocycles. The van der Waals surface area contributed by atoms with Crippen molar-refractivity contribution in [2.24, 2.45) is 0 Å². The van der Waals surface area contributed by atoms with E-state index >= 15 is 0 Å². The van der Waals surface area contributed by atoms with Gasteiger partial charge in [-0.05, 0) is 17.7 Å². The molecule has 10 heteroatoms. The van der Waals surface area contributed by atoms with Gasteiger partial charge in [-0.3, -0.25) is 0 Å². The second-order valence-electron chi connectivity index (χ2n) is 6.88. The molecule has 32 heavy (non-hydrogen) atoms. The Hall–Kier alpha value is -3.04. The third-order valence-corrected chi connectivity index (χ3v) is 4.92. The van der Waals surface area contributed by atoms with Crippen LogP contribution in [0.1, 0.15) is 11.1 Å². The van der Waals surface area contributed by atoms with Crippen LogP contribution in [0.4, 0.5) is 43.9 Å². The number of allylic oxidation sites excluding steroid dienone is 5. The van der Waals surface area contributed by atoms with Crippen LogP contribution in [0.2, 0.25) is 0 Å². The predicted molar refractivity (Wildman–Crippen MR) is 96.9 cm³/mol. The van der Waals surface area contributed by atoms with Crippen LogP contribution in [-0.4, -0.2) is 18.5 Å². The van der Waals surface area contributed by atoms with Crippen LogP contribution in [-0.2, 0) is 5.41 Å². The molecular formula is C22H12F10. The van der Waals surface area contributed by atoms with Gasteiger partial charge in [0.2, 0.25) is 0 Å². The molecule has 0 N–H and O–H groups in total. The first-order valence-electron chi connectivity index (χ1n) is 8.87. The van der Waals surface area contributed by atoms with E-state index in [0.29, 0.717) is 12.1 Å². The number of alkyl halides is 9. The van der Waals surface area contributed by atoms with Gasteiger partial charge in [-0.1, -0.05) is 60.7 Å². The summed E-state index contributed by atoms with van der Waals surface area (Å²) < 4.78 is 141. The summed E-state index contributed by atoms with van der Waals surface area (Å²) in [5, 5.41) is 0. The lowest BCUT2D eigenvalue weighted by Gasteiger charge is -2.40. The molecule has 0 bridgehead atoms. The first-order valence-corrected chi connectivity index (χ1v) is 8.87. The second kappa shape index (κ2) is 7.83. The molecule has 0 heterocycles. The van der Waals surface area contributed by atoms with Gasteiger partial charge in [0, 0.05) is 11.1 Å². The number of hydrogen-bond donors (Lipinski definition) is 0. The number of halogens is 10. The van der Waals surface area contributed by atoms with E-state index in [1.54, 1.807) is 0 Å². The minimum Gasteiger partial charge on any atom is -0.206 e. The molecule has 1 aliphatic carbocycles. The van der Waals surface area contributed by atoms with Crippen LogP contribution in [0.25, 0.3) is 5.83 Å². The Labute approximate surface area is 175 Å². The molecular weight excluding hydrogens is 454 g/mol. The number of rotatable bonds is 2. The summed E-state index contributed by atoms with van der Waals surface area (Å²) in [6.45, 7) is 0. The van der Waals surface area contributed by atoms with Crippen molar-refractivity contribution >= 4 is 5.83 Å². The van der Waals surface area contributed by atoms with Crippen LogP contribution in [0.15, 0.2) is 89.5 Å². The summed E-state index contributed by atoms with van der Waals surface area (Å²) in [7, 11) is 0. The van der Waals surface area contributed by atoms with Gasteiger partial charge in [0.25, 0.3) is 0 Å². The van der Waals surface area contributed by atoms with Crippen LogP contribution >= 0.6 is 0 Å². The van der Waals surface area contributed by atoms with Gasteiger partial charge in [0.15, 0.2) is 0 Å². The third kappa shape index (κ3) is 4.05. The number of hydrogen-bond acceptors (Lipinski definition) is 0. The molecule has 0 saturated carbocycles. The van der Waals surface area contributed by atoms with E-state index in [1.807, 2.05) is 0 Å². The van der Waals surface area contributed by atoms with E-state index in [9.17, 15) is 43.9 Å². The van der Waals surface area contributed by atoms with Gasteiger partial charge in [-0.2, -0.15) is 39.5 Å². The summed E-state index contributed by atoms with van der Waals surface area (Å²) >= 11 is 0.